The van der Waals surface area contributed by atoms with E-state index in [4.69, 9.17) is 18.9 Å². The third-order valence-corrected chi connectivity index (χ3v) is 12.0. The number of carbonyl (C=O) groups is 3. The second-order valence-corrected chi connectivity index (χ2v) is 18.3. The molecule has 66 heavy (non-hydrogen) atoms. The third-order valence-electron chi connectivity index (χ3n) is 12.0. The number of morpholine rings is 1. The minimum Gasteiger partial charge on any atom is -0.497 e. The molecule has 0 aliphatic carbocycles. The van der Waals surface area contributed by atoms with Gasteiger partial charge in [0.1, 0.15) is 34.6 Å². The van der Waals surface area contributed by atoms with E-state index < -0.39 is 70.7 Å². The van der Waals surface area contributed by atoms with Crippen LogP contribution >= 0.6 is 0 Å². The highest BCUT2D eigenvalue weighted by molar-refractivity contribution is 6.03. The maximum absolute atomic E-state index is 14.1. The van der Waals surface area contributed by atoms with Crippen LogP contribution in [0.25, 0.3) is 0 Å². The van der Waals surface area contributed by atoms with Crippen LogP contribution in [0.1, 0.15) is 74.8 Å². The molecule has 2 aliphatic heterocycles. The largest absolute Gasteiger partial charge is 0.497 e. The zero-order valence-electron chi connectivity index (χ0n) is 38.1. The molecule has 0 radical (unpaired) electrons. The van der Waals surface area contributed by atoms with Crippen molar-refractivity contribution in [2.24, 2.45) is 0 Å². The minimum atomic E-state index is -1.75. The van der Waals surface area contributed by atoms with Gasteiger partial charge in [0.15, 0.2) is 12.5 Å². The number of rotatable bonds is 14. The zero-order valence-corrected chi connectivity index (χ0v) is 38.1. The summed E-state index contributed by atoms with van der Waals surface area (Å²) in [6.45, 7) is 9.21. The van der Waals surface area contributed by atoms with Crippen molar-refractivity contribution >= 4 is 23.9 Å². The van der Waals surface area contributed by atoms with E-state index in [1.807, 2.05) is 54.6 Å². The molecule has 2 fully saturated rings. The van der Waals surface area contributed by atoms with E-state index in [0.717, 1.165) is 14.4 Å². The van der Waals surface area contributed by atoms with Crippen LogP contribution in [-0.4, -0.2) is 120 Å². The summed E-state index contributed by atoms with van der Waals surface area (Å²) in [6, 6.07) is 32.6. The van der Waals surface area contributed by atoms with Crippen molar-refractivity contribution in [2.75, 3.05) is 32.7 Å². The number of ether oxygens (including phenoxy) is 4. The fourth-order valence-electron chi connectivity index (χ4n) is 8.99. The highest BCUT2D eigenvalue weighted by Gasteiger charge is 2.68. The maximum Gasteiger partial charge on any atom is 0.410 e. The lowest BCUT2D eigenvalue weighted by Gasteiger charge is -2.53. The first-order chi connectivity index (χ1) is 31.3. The number of aromatic nitrogens is 2. The van der Waals surface area contributed by atoms with Gasteiger partial charge in [-0.1, -0.05) is 72.8 Å². The Kier molecular flexibility index (Phi) is 13.0. The van der Waals surface area contributed by atoms with Crippen molar-refractivity contribution in [3.05, 3.63) is 154 Å². The average Bonchev–Trinajstić information content (AvgIpc) is 3.72. The standard InChI is InChI=1S/C49H56N6O11/c1-46(2,3)54(44(59)60)43(55(45(61)62)47(4,5)6)53-29-48(39(56)38(53)41(66-48)52-28-27-37(51-42(52)58)50-40(57)31-15-11-9-12-16-31)30-65-49(32-17-13-10-14-18-32,33-19-23-35(63-7)24-20-33)34-21-25-36(64-8)26-22-34/h9-28,38-39,41,43,56H,29-30H2,1-8H3,(H,59,60)(H,61,62)(H,50,51,57,58)/t38-,39+,41-,48-/m1/s1. The molecular weight excluding hydrogens is 849 g/mol. The van der Waals surface area contributed by atoms with Crippen molar-refractivity contribution in [1.82, 2.24) is 24.3 Å². The number of hydrogen-bond donors (Lipinski definition) is 4. The summed E-state index contributed by atoms with van der Waals surface area (Å²) in [5.74, 6) is 0.641. The average molecular weight is 905 g/mol. The number of benzene rings is 4. The van der Waals surface area contributed by atoms with Crippen LogP contribution in [-0.2, 0) is 15.1 Å². The molecule has 5 aromatic rings. The van der Waals surface area contributed by atoms with Crippen molar-refractivity contribution in [3.63, 3.8) is 0 Å². The van der Waals surface area contributed by atoms with Gasteiger partial charge in [-0.15, -0.1) is 0 Å². The molecule has 2 saturated heterocycles. The van der Waals surface area contributed by atoms with Gasteiger partial charge in [0, 0.05) is 29.4 Å². The van der Waals surface area contributed by atoms with Crippen LogP contribution < -0.4 is 20.5 Å². The summed E-state index contributed by atoms with van der Waals surface area (Å²) < 4.78 is 26.4. The fraction of sp³-hybridized carbons (Fsp3) is 0.367. The van der Waals surface area contributed by atoms with Crippen molar-refractivity contribution in [2.45, 2.75) is 88.5 Å². The van der Waals surface area contributed by atoms with Crippen LogP contribution in [0.15, 0.2) is 126 Å². The van der Waals surface area contributed by atoms with Gasteiger partial charge in [-0.2, -0.15) is 4.98 Å². The lowest BCUT2D eigenvalue weighted by Crippen LogP contribution is -2.71. The number of nitrogens with zero attached hydrogens (tertiary/aromatic N) is 5. The number of likely N-dealkylation sites (tertiary alicyclic amines) is 1. The molecule has 4 N–H and O–H groups in total. The Bertz CT molecular complexity index is 2500. The Hall–Kier alpha value is -6.79. The van der Waals surface area contributed by atoms with E-state index in [0.29, 0.717) is 33.8 Å². The predicted molar refractivity (Wildman–Crippen MR) is 244 cm³/mol. The first kappa shape index (κ1) is 47.2. The number of aliphatic hydroxyl groups is 1. The molecule has 3 heterocycles. The summed E-state index contributed by atoms with van der Waals surface area (Å²) >= 11 is 0. The highest BCUT2D eigenvalue weighted by Crippen LogP contribution is 2.51. The number of hydrogen-bond acceptors (Lipinski definition) is 11. The molecule has 7 rings (SSSR count). The van der Waals surface area contributed by atoms with Gasteiger partial charge in [0.2, 0.25) is 0 Å². The van der Waals surface area contributed by atoms with Crippen molar-refractivity contribution in [1.29, 1.82) is 0 Å². The molecule has 0 spiro atoms. The van der Waals surface area contributed by atoms with E-state index in [1.165, 1.54) is 12.3 Å². The van der Waals surface area contributed by atoms with Gasteiger partial charge in [-0.3, -0.25) is 24.1 Å². The summed E-state index contributed by atoms with van der Waals surface area (Å²) in [4.78, 5) is 61.9. The van der Waals surface area contributed by atoms with E-state index >= 15 is 0 Å². The molecule has 17 nitrogen and oxygen atoms in total. The molecule has 0 unspecified atom stereocenters. The Labute approximate surface area is 382 Å². The van der Waals surface area contributed by atoms with E-state index in [1.54, 1.807) is 115 Å². The number of anilines is 1. The Morgan fingerprint density at radius 2 is 1.26 bits per heavy atom. The number of methoxy groups -OCH3 is 2. The molecule has 348 valence electrons. The minimum absolute atomic E-state index is 0.0530. The second kappa shape index (κ2) is 18.2. The molecule has 0 saturated carbocycles. The SMILES string of the molecule is COc1ccc(C(OC[C@@]23CN(C(N(C(=O)O)C(C)(C)C)N(C(=O)O)C(C)(C)C)[C@@H]([C@H](n4ccc(NC(=O)c5ccccc5)nc4=O)O2)[C@@H]3O)(c2ccccc2)c2ccc(OC)cc2)cc1. The van der Waals surface area contributed by atoms with Gasteiger partial charge in [0.05, 0.1) is 26.9 Å². The summed E-state index contributed by atoms with van der Waals surface area (Å²) in [5, 5.41) is 37.4. The van der Waals surface area contributed by atoms with E-state index in [9.17, 15) is 34.5 Å². The van der Waals surface area contributed by atoms with Crippen LogP contribution in [0.4, 0.5) is 15.4 Å². The molecule has 1 aromatic heterocycles. The number of fused-ring (bicyclic) bond motifs is 2. The molecule has 2 aliphatic rings. The van der Waals surface area contributed by atoms with Crippen molar-refractivity contribution < 1.29 is 48.7 Å². The fourth-order valence-corrected chi connectivity index (χ4v) is 8.99. The van der Waals surface area contributed by atoms with Crippen LogP contribution in [0.2, 0.25) is 0 Å². The van der Waals surface area contributed by atoms with Crippen molar-refractivity contribution in [3.8, 4) is 11.5 Å². The monoisotopic (exact) mass is 904 g/mol. The molecule has 4 atom stereocenters. The highest BCUT2D eigenvalue weighted by atomic mass is 16.6. The normalized spacial score (nSPS) is 19.6. The van der Waals surface area contributed by atoms with Crippen LogP contribution in [0.3, 0.4) is 0 Å². The van der Waals surface area contributed by atoms with Gasteiger partial charge in [-0.25, -0.2) is 14.4 Å². The smallest absolute Gasteiger partial charge is 0.410 e. The van der Waals surface area contributed by atoms with E-state index in [2.05, 4.69) is 10.3 Å². The Morgan fingerprint density at radius 3 is 1.71 bits per heavy atom. The zero-order chi connectivity index (χ0) is 47.8. The van der Waals surface area contributed by atoms with Gasteiger partial charge >= 0.3 is 17.9 Å². The number of carbonyl (C=O) groups excluding carboxylic acids is 1. The van der Waals surface area contributed by atoms with Gasteiger partial charge in [0.25, 0.3) is 5.91 Å². The quantitative estimate of drug-likeness (QED) is 0.0680. The van der Waals surface area contributed by atoms with Crippen LogP contribution in [0, 0.1) is 0 Å². The Balaban J connectivity index is 1.40. The van der Waals surface area contributed by atoms with E-state index in [-0.39, 0.29) is 19.0 Å². The number of nitrogens with one attached hydrogen (secondary N) is 1. The van der Waals surface area contributed by atoms with Gasteiger partial charge in [-0.05, 0) is 101 Å². The number of aliphatic hydroxyl groups excluding tert-OH is 1. The first-order valence-electron chi connectivity index (χ1n) is 21.4. The summed E-state index contributed by atoms with van der Waals surface area (Å²) in [7, 11) is 3.13. The number of carboxylic acid groups (broad SMARTS) is 2. The number of amides is 3. The molecular formula is C49H56N6O11. The summed E-state index contributed by atoms with van der Waals surface area (Å²) in [6.07, 6.45) is -6.00. The first-order valence-corrected chi connectivity index (χ1v) is 21.4. The lowest BCUT2D eigenvalue weighted by molar-refractivity contribution is -0.207. The molecule has 2 bridgehead atoms. The predicted octanol–water partition coefficient (Wildman–Crippen LogP) is 6.67. The maximum atomic E-state index is 14.1. The topological polar surface area (TPSA) is 205 Å². The second-order valence-electron chi connectivity index (χ2n) is 18.3. The Morgan fingerprint density at radius 1 is 0.773 bits per heavy atom. The lowest BCUT2D eigenvalue weighted by atomic mass is 9.79. The molecule has 17 heteroatoms. The summed E-state index contributed by atoms with van der Waals surface area (Å²) in [5.41, 5.74) is -4.05. The van der Waals surface area contributed by atoms with Crippen LogP contribution in [0.5, 0.6) is 11.5 Å². The third kappa shape index (κ3) is 8.81. The van der Waals surface area contributed by atoms with Gasteiger partial charge < -0.3 is 39.6 Å². The molecule has 3 amide bonds. The molecule has 4 aromatic carbocycles.